The Morgan fingerprint density at radius 1 is 0.962 bits per heavy atom. The number of rotatable bonds is 7. The highest BCUT2D eigenvalue weighted by molar-refractivity contribution is 6.02. The van der Waals surface area contributed by atoms with Crippen molar-refractivity contribution in [3.05, 3.63) is 53.1 Å². The molecular weight excluding hydrogens is 332 g/mol. The minimum atomic E-state index is -0.359. The minimum absolute atomic E-state index is 0.359. The van der Waals surface area contributed by atoms with Gasteiger partial charge in [0, 0.05) is 5.56 Å². The number of ether oxygens (including phenoxy) is 3. The van der Waals surface area contributed by atoms with Crippen LogP contribution in [0.2, 0.25) is 0 Å². The van der Waals surface area contributed by atoms with Crippen LogP contribution in [-0.2, 0) is 0 Å². The van der Waals surface area contributed by atoms with Gasteiger partial charge in [-0.15, -0.1) is 0 Å². The van der Waals surface area contributed by atoms with Gasteiger partial charge in [0.2, 0.25) is 5.75 Å². The van der Waals surface area contributed by atoms with Gasteiger partial charge in [-0.3, -0.25) is 4.79 Å². The minimum Gasteiger partial charge on any atom is -0.493 e. The summed E-state index contributed by atoms with van der Waals surface area (Å²) in [6.07, 6.45) is 0.693. The predicted molar refractivity (Wildman–Crippen MR) is 102 cm³/mol. The molecule has 0 atom stereocenters. The number of amides is 1. The first-order valence-corrected chi connectivity index (χ1v) is 8.28. The van der Waals surface area contributed by atoms with E-state index in [2.05, 4.69) is 10.5 Å². The number of hydrogen-bond acceptors (Lipinski definition) is 5. The zero-order valence-corrected chi connectivity index (χ0v) is 15.8. The summed E-state index contributed by atoms with van der Waals surface area (Å²) in [5, 5.41) is 4.28. The van der Waals surface area contributed by atoms with Gasteiger partial charge < -0.3 is 14.2 Å². The molecule has 0 unspecified atom stereocenters. The van der Waals surface area contributed by atoms with E-state index < -0.39 is 0 Å². The van der Waals surface area contributed by atoms with Crippen LogP contribution in [0, 0.1) is 6.92 Å². The Labute approximate surface area is 153 Å². The van der Waals surface area contributed by atoms with E-state index in [0.717, 1.165) is 11.3 Å². The van der Waals surface area contributed by atoms with Crippen LogP contribution >= 0.6 is 0 Å². The monoisotopic (exact) mass is 356 g/mol. The molecule has 138 valence electrons. The third kappa shape index (κ3) is 4.33. The van der Waals surface area contributed by atoms with E-state index in [0.29, 0.717) is 29.2 Å². The maximum Gasteiger partial charge on any atom is 0.271 e. The highest BCUT2D eigenvalue weighted by atomic mass is 16.5. The lowest BCUT2D eigenvalue weighted by molar-refractivity contribution is 0.0954. The standard InChI is InChI=1S/C20H24N2O4/c1-6-16(14-9-7-13(2)8-10-14)21-22-20(23)15-11-17(24-3)19(26-5)18(12-15)25-4/h7-12H,6H2,1-5H3,(H,22,23)/b21-16+. The average Bonchev–Trinajstić information content (AvgIpc) is 2.68. The van der Waals surface area contributed by atoms with E-state index in [4.69, 9.17) is 14.2 Å². The molecule has 0 saturated carbocycles. The lowest BCUT2D eigenvalue weighted by atomic mass is 10.1. The summed E-state index contributed by atoms with van der Waals surface area (Å²) >= 11 is 0. The Kier molecular flexibility index (Phi) is 6.60. The summed E-state index contributed by atoms with van der Waals surface area (Å²) in [5.41, 5.74) is 5.91. The topological polar surface area (TPSA) is 69.2 Å². The molecule has 2 aromatic carbocycles. The molecule has 1 amide bonds. The Hall–Kier alpha value is -3.02. The zero-order chi connectivity index (χ0) is 19.1. The summed E-state index contributed by atoms with van der Waals surface area (Å²) in [6.45, 7) is 4.02. The van der Waals surface area contributed by atoms with Crippen molar-refractivity contribution in [1.82, 2.24) is 5.43 Å². The van der Waals surface area contributed by atoms with E-state index in [1.807, 2.05) is 38.1 Å². The number of hydrogen-bond donors (Lipinski definition) is 1. The van der Waals surface area contributed by atoms with Crippen LogP contribution in [0.15, 0.2) is 41.5 Å². The molecule has 6 nitrogen and oxygen atoms in total. The van der Waals surface area contributed by atoms with E-state index in [1.54, 1.807) is 12.1 Å². The first-order valence-electron chi connectivity index (χ1n) is 8.28. The van der Waals surface area contributed by atoms with Gasteiger partial charge in [-0.25, -0.2) is 5.43 Å². The van der Waals surface area contributed by atoms with Gasteiger partial charge in [0.15, 0.2) is 11.5 Å². The lowest BCUT2D eigenvalue weighted by Crippen LogP contribution is -2.20. The van der Waals surface area contributed by atoms with Gasteiger partial charge >= 0.3 is 0 Å². The van der Waals surface area contributed by atoms with Gasteiger partial charge in [0.05, 0.1) is 27.0 Å². The number of nitrogens with one attached hydrogen (secondary N) is 1. The molecule has 0 saturated heterocycles. The third-order valence-electron chi connectivity index (χ3n) is 3.94. The van der Waals surface area contributed by atoms with Crippen molar-refractivity contribution in [2.75, 3.05) is 21.3 Å². The lowest BCUT2D eigenvalue weighted by Gasteiger charge is -2.13. The fourth-order valence-corrected chi connectivity index (χ4v) is 2.49. The Bertz CT molecular complexity index is 773. The van der Waals surface area contributed by atoms with Crippen molar-refractivity contribution in [2.45, 2.75) is 20.3 Å². The summed E-state index contributed by atoms with van der Waals surface area (Å²) in [7, 11) is 4.52. The van der Waals surface area contributed by atoms with Gasteiger partial charge in [-0.05, 0) is 31.0 Å². The summed E-state index contributed by atoms with van der Waals surface area (Å²) in [6, 6.07) is 11.2. The molecule has 0 aliphatic heterocycles. The largest absolute Gasteiger partial charge is 0.493 e. The van der Waals surface area contributed by atoms with Crippen LogP contribution in [0.5, 0.6) is 17.2 Å². The number of aryl methyl sites for hydroxylation is 1. The molecule has 2 aromatic rings. The van der Waals surface area contributed by atoms with Crippen molar-refractivity contribution in [1.29, 1.82) is 0 Å². The van der Waals surface area contributed by atoms with Crippen molar-refractivity contribution in [3.8, 4) is 17.2 Å². The number of methoxy groups -OCH3 is 3. The maximum absolute atomic E-state index is 12.5. The average molecular weight is 356 g/mol. The van der Waals surface area contributed by atoms with Crippen LogP contribution in [0.4, 0.5) is 0 Å². The molecule has 0 aliphatic carbocycles. The Morgan fingerprint density at radius 3 is 2.00 bits per heavy atom. The molecular formula is C20H24N2O4. The Balaban J connectivity index is 2.27. The van der Waals surface area contributed by atoms with Crippen molar-refractivity contribution >= 4 is 11.6 Å². The second kappa shape index (κ2) is 8.89. The summed E-state index contributed by atoms with van der Waals surface area (Å²) in [5.74, 6) is 0.900. The van der Waals surface area contributed by atoms with E-state index in [9.17, 15) is 4.79 Å². The fourth-order valence-electron chi connectivity index (χ4n) is 2.49. The smallest absolute Gasteiger partial charge is 0.271 e. The molecule has 0 spiro atoms. The number of carbonyl (C=O) groups excluding carboxylic acids is 1. The molecule has 1 N–H and O–H groups in total. The Morgan fingerprint density at radius 2 is 1.54 bits per heavy atom. The summed E-state index contributed by atoms with van der Waals surface area (Å²) in [4.78, 5) is 12.5. The molecule has 0 heterocycles. The van der Waals surface area contributed by atoms with Gasteiger partial charge in [-0.1, -0.05) is 36.8 Å². The number of nitrogens with zero attached hydrogens (tertiary/aromatic N) is 1. The van der Waals surface area contributed by atoms with Gasteiger partial charge in [0.1, 0.15) is 0 Å². The van der Waals surface area contributed by atoms with Crippen molar-refractivity contribution < 1.29 is 19.0 Å². The van der Waals surface area contributed by atoms with Crippen LogP contribution in [-0.4, -0.2) is 32.9 Å². The molecule has 0 aromatic heterocycles. The molecule has 0 aliphatic rings. The fraction of sp³-hybridized carbons (Fsp3) is 0.300. The van der Waals surface area contributed by atoms with Gasteiger partial charge in [0.25, 0.3) is 5.91 Å². The van der Waals surface area contributed by atoms with E-state index in [1.165, 1.54) is 26.9 Å². The highest BCUT2D eigenvalue weighted by Crippen LogP contribution is 2.38. The number of carbonyl (C=O) groups is 1. The highest BCUT2D eigenvalue weighted by Gasteiger charge is 2.17. The molecule has 0 fully saturated rings. The zero-order valence-electron chi connectivity index (χ0n) is 15.8. The second-order valence-corrected chi connectivity index (χ2v) is 5.63. The molecule has 2 rings (SSSR count). The molecule has 0 bridgehead atoms. The van der Waals surface area contributed by atoms with Crippen LogP contribution < -0.4 is 19.6 Å². The van der Waals surface area contributed by atoms with Crippen molar-refractivity contribution in [3.63, 3.8) is 0 Å². The van der Waals surface area contributed by atoms with Crippen LogP contribution in [0.25, 0.3) is 0 Å². The van der Waals surface area contributed by atoms with Crippen molar-refractivity contribution in [2.24, 2.45) is 5.10 Å². The third-order valence-corrected chi connectivity index (χ3v) is 3.94. The van der Waals surface area contributed by atoms with Crippen LogP contribution in [0.1, 0.15) is 34.8 Å². The van der Waals surface area contributed by atoms with E-state index in [-0.39, 0.29) is 5.91 Å². The second-order valence-electron chi connectivity index (χ2n) is 5.63. The first-order chi connectivity index (χ1) is 12.5. The number of hydrazone groups is 1. The molecule has 6 heteroatoms. The van der Waals surface area contributed by atoms with Crippen LogP contribution in [0.3, 0.4) is 0 Å². The quantitative estimate of drug-likeness (QED) is 0.608. The van der Waals surface area contributed by atoms with Gasteiger partial charge in [-0.2, -0.15) is 5.10 Å². The molecule has 26 heavy (non-hydrogen) atoms. The number of benzene rings is 2. The normalized spacial score (nSPS) is 11.0. The first kappa shape index (κ1) is 19.3. The van der Waals surface area contributed by atoms with E-state index >= 15 is 0 Å². The summed E-state index contributed by atoms with van der Waals surface area (Å²) < 4.78 is 15.8. The molecule has 0 radical (unpaired) electrons. The SMILES string of the molecule is CC/C(=N\NC(=O)c1cc(OC)c(OC)c(OC)c1)c1ccc(C)cc1. The maximum atomic E-state index is 12.5. The predicted octanol–water partition coefficient (Wildman–Crippen LogP) is 3.56.